The highest BCUT2D eigenvalue weighted by Crippen LogP contribution is 2.16. The van der Waals surface area contributed by atoms with Crippen molar-refractivity contribution >= 4 is 17.7 Å². The molecule has 0 saturated heterocycles. The largest absolute Gasteiger partial charge is 0.390 e. The van der Waals surface area contributed by atoms with Crippen LogP contribution in [0.25, 0.3) is 0 Å². The van der Waals surface area contributed by atoms with Crippen LogP contribution in [0.1, 0.15) is 82.7 Å². The predicted molar refractivity (Wildman–Crippen MR) is 174 cm³/mol. The molecule has 0 aliphatic carbocycles. The maximum absolute atomic E-state index is 13.7. The van der Waals surface area contributed by atoms with Gasteiger partial charge in [0.25, 0.3) is 17.7 Å². The van der Waals surface area contributed by atoms with E-state index in [1.807, 2.05) is 57.2 Å². The molecule has 0 spiro atoms. The summed E-state index contributed by atoms with van der Waals surface area (Å²) in [5.74, 6) is 4.99. The normalized spacial score (nSPS) is 12.0. The number of rotatable bonds is 15. The first kappa shape index (κ1) is 34.0. The summed E-state index contributed by atoms with van der Waals surface area (Å²) in [5, 5.41) is 16.1. The molecule has 3 rings (SSSR count). The number of nitrogens with one attached hydrogen (secondary N) is 2. The second kappa shape index (κ2) is 17.6. The van der Waals surface area contributed by atoms with Gasteiger partial charge >= 0.3 is 0 Å². The number of aliphatic hydroxyl groups excluding tert-OH is 1. The summed E-state index contributed by atoms with van der Waals surface area (Å²) < 4.78 is 0. The topological polar surface area (TPSA) is 102 Å². The molecule has 8 heteroatoms. The maximum Gasteiger partial charge on any atom is 0.265 e. The fraction of sp³-hybridized carbons (Fsp3) is 0.361. The molecule has 0 heterocycles. The van der Waals surface area contributed by atoms with E-state index in [1.54, 1.807) is 59.3 Å². The van der Waals surface area contributed by atoms with Crippen LogP contribution >= 0.6 is 0 Å². The van der Waals surface area contributed by atoms with Gasteiger partial charge in [0.1, 0.15) is 0 Å². The van der Waals surface area contributed by atoms with Crippen molar-refractivity contribution in [2.45, 2.75) is 59.1 Å². The number of carbonyl (C=O) groups is 3. The Hall–Kier alpha value is -4.45. The first-order valence-electron chi connectivity index (χ1n) is 15.3. The van der Waals surface area contributed by atoms with Gasteiger partial charge in [-0.05, 0) is 62.1 Å². The lowest BCUT2D eigenvalue weighted by atomic mass is 9.99. The molecule has 3 aromatic rings. The standard InChI is InChI=1S/C36H44N4O4/c1-5-15-28-22-30(25-31(23-28)36(44)39(20-6-2)21-7-3)34(42)37-32(24-27-16-11-9-12-17-27)33(41)26-40(8-4)38-35(43)29-18-13-10-14-19-29/h9-14,16-19,22-23,25,32-33,41H,6-8,20-21,24,26H2,1-4H3,(H,37,42)(H,38,43). The Morgan fingerprint density at radius 3 is 2.02 bits per heavy atom. The van der Waals surface area contributed by atoms with Crippen molar-refractivity contribution in [2.24, 2.45) is 0 Å². The van der Waals surface area contributed by atoms with Gasteiger partial charge in [0, 0.05) is 48.4 Å². The molecule has 3 amide bonds. The van der Waals surface area contributed by atoms with Gasteiger partial charge < -0.3 is 15.3 Å². The van der Waals surface area contributed by atoms with Crippen LogP contribution in [0, 0.1) is 11.8 Å². The van der Waals surface area contributed by atoms with E-state index in [2.05, 4.69) is 22.6 Å². The Kier molecular flexibility index (Phi) is 13.6. The fourth-order valence-corrected chi connectivity index (χ4v) is 4.94. The molecule has 2 unspecified atom stereocenters. The SMILES string of the molecule is CC#Cc1cc(C(=O)NC(Cc2ccccc2)C(O)CN(CC)NC(=O)c2ccccc2)cc(C(=O)N(CCC)CCC)c1. The maximum atomic E-state index is 13.7. The quantitative estimate of drug-likeness (QED) is 0.175. The van der Waals surface area contributed by atoms with E-state index in [4.69, 9.17) is 0 Å². The zero-order valence-electron chi connectivity index (χ0n) is 26.2. The minimum absolute atomic E-state index is 0.0843. The average Bonchev–Trinajstić information content (AvgIpc) is 3.04. The van der Waals surface area contributed by atoms with Gasteiger partial charge in [0.2, 0.25) is 0 Å². The molecule has 232 valence electrons. The molecule has 44 heavy (non-hydrogen) atoms. The summed E-state index contributed by atoms with van der Waals surface area (Å²) in [5.41, 5.74) is 5.55. The Morgan fingerprint density at radius 2 is 1.43 bits per heavy atom. The van der Waals surface area contributed by atoms with E-state index in [1.165, 1.54) is 0 Å². The second-order valence-electron chi connectivity index (χ2n) is 10.6. The Balaban J connectivity index is 1.87. The van der Waals surface area contributed by atoms with E-state index >= 15 is 0 Å². The summed E-state index contributed by atoms with van der Waals surface area (Å²) in [4.78, 5) is 41.8. The third-order valence-electron chi connectivity index (χ3n) is 7.15. The molecule has 0 aliphatic rings. The molecule has 0 saturated carbocycles. The zero-order chi connectivity index (χ0) is 31.9. The van der Waals surface area contributed by atoms with E-state index in [0.29, 0.717) is 42.7 Å². The summed E-state index contributed by atoms with van der Waals surface area (Å²) in [7, 11) is 0. The van der Waals surface area contributed by atoms with Gasteiger partial charge in [-0.1, -0.05) is 75.2 Å². The summed E-state index contributed by atoms with van der Waals surface area (Å²) in [6.45, 7) is 9.41. The van der Waals surface area contributed by atoms with Gasteiger partial charge in [-0.25, -0.2) is 5.01 Å². The Bertz CT molecular complexity index is 1430. The van der Waals surface area contributed by atoms with Crippen LogP contribution < -0.4 is 10.7 Å². The van der Waals surface area contributed by atoms with Gasteiger partial charge in [0.05, 0.1) is 12.1 Å². The van der Waals surface area contributed by atoms with Crippen molar-refractivity contribution in [3.8, 4) is 11.8 Å². The van der Waals surface area contributed by atoms with Crippen molar-refractivity contribution in [3.63, 3.8) is 0 Å². The molecule has 0 aliphatic heterocycles. The molecule has 3 N–H and O–H groups in total. The van der Waals surface area contributed by atoms with Crippen molar-refractivity contribution in [1.82, 2.24) is 20.7 Å². The third-order valence-corrected chi connectivity index (χ3v) is 7.15. The number of benzene rings is 3. The second-order valence-corrected chi connectivity index (χ2v) is 10.6. The highest BCUT2D eigenvalue weighted by molar-refractivity contribution is 6.00. The van der Waals surface area contributed by atoms with Crippen LogP contribution in [-0.4, -0.2) is 71.1 Å². The minimum Gasteiger partial charge on any atom is -0.390 e. The molecule has 0 aromatic heterocycles. The molecule has 2 atom stereocenters. The van der Waals surface area contributed by atoms with E-state index in [0.717, 1.165) is 18.4 Å². The van der Waals surface area contributed by atoms with Crippen molar-refractivity contribution in [3.05, 3.63) is 107 Å². The number of hydrogen-bond donors (Lipinski definition) is 3. The first-order valence-corrected chi connectivity index (χ1v) is 15.3. The molecular weight excluding hydrogens is 552 g/mol. The highest BCUT2D eigenvalue weighted by atomic mass is 16.3. The van der Waals surface area contributed by atoms with E-state index in [-0.39, 0.29) is 23.9 Å². The lowest BCUT2D eigenvalue weighted by molar-refractivity contribution is 0.0471. The van der Waals surface area contributed by atoms with Crippen LogP contribution in [0.4, 0.5) is 0 Å². The molecule has 0 bridgehead atoms. The van der Waals surface area contributed by atoms with Crippen molar-refractivity contribution < 1.29 is 19.5 Å². The highest BCUT2D eigenvalue weighted by Gasteiger charge is 2.26. The van der Waals surface area contributed by atoms with Crippen LogP contribution in [0.2, 0.25) is 0 Å². The van der Waals surface area contributed by atoms with Gasteiger partial charge in [0.15, 0.2) is 0 Å². The average molecular weight is 597 g/mol. The van der Waals surface area contributed by atoms with Crippen molar-refractivity contribution in [1.29, 1.82) is 0 Å². The van der Waals surface area contributed by atoms with Crippen LogP contribution in [-0.2, 0) is 6.42 Å². The van der Waals surface area contributed by atoms with E-state index in [9.17, 15) is 19.5 Å². The van der Waals surface area contributed by atoms with Crippen molar-refractivity contribution in [2.75, 3.05) is 26.2 Å². The molecule has 3 aromatic carbocycles. The molecule has 0 radical (unpaired) electrons. The summed E-state index contributed by atoms with van der Waals surface area (Å²) in [6, 6.07) is 22.7. The summed E-state index contributed by atoms with van der Waals surface area (Å²) in [6.07, 6.45) is 0.985. The lowest BCUT2D eigenvalue weighted by Crippen LogP contribution is -2.53. The number of carbonyl (C=O) groups excluding carboxylic acids is 3. The monoisotopic (exact) mass is 596 g/mol. The van der Waals surface area contributed by atoms with Crippen LogP contribution in [0.5, 0.6) is 0 Å². The predicted octanol–water partition coefficient (Wildman–Crippen LogP) is 4.69. The first-order chi connectivity index (χ1) is 21.3. The van der Waals surface area contributed by atoms with Gasteiger partial charge in [-0.3, -0.25) is 19.8 Å². The minimum atomic E-state index is -1.03. The lowest BCUT2D eigenvalue weighted by Gasteiger charge is -2.30. The van der Waals surface area contributed by atoms with Gasteiger partial charge in [-0.2, -0.15) is 0 Å². The zero-order valence-corrected chi connectivity index (χ0v) is 26.2. The number of hydrogen-bond acceptors (Lipinski definition) is 5. The smallest absolute Gasteiger partial charge is 0.265 e. The van der Waals surface area contributed by atoms with Gasteiger partial charge in [-0.15, -0.1) is 5.92 Å². The number of amides is 3. The van der Waals surface area contributed by atoms with Crippen LogP contribution in [0.3, 0.4) is 0 Å². The summed E-state index contributed by atoms with van der Waals surface area (Å²) >= 11 is 0. The molecular formula is C36H44N4O4. The Labute approximate surface area is 261 Å². The number of aliphatic hydroxyl groups is 1. The van der Waals surface area contributed by atoms with Crippen LogP contribution in [0.15, 0.2) is 78.9 Å². The number of nitrogens with zero attached hydrogens (tertiary/aromatic N) is 2. The Morgan fingerprint density at radius 1 is 0.818 bits per heavy atom. The number of hydrazine groups is 1. The third kappa shape index (κ3) is 10.1. The molecule has 8 nitrogen and oxygen atoms in total. The molecule has 0 fully saturated rings. The van der Waals surface area contributed by atoms with E-state index < -0.39 is 18.1 Å². The number of likely N-dealkylation sites (N-methyl/N-ethyl adjacent to an activating group) is 1. The fourth-order valence-electron chi connectivity index (χ4n) is 4.94.